The van der Waals surface area contributed by atoms with Gasteiger partial charge >= 0.3 is 11.8 Å². The average Bonchev–Trinajstić information content (AvgIpc) is 2.80. The minimum absolute atomic E-state index is 0.480. The third-order valence-electron chi connectivity index (χ3n) is 2.72. The number of halogens is 1. The van der Waals surface area contributed by atoms with Crippen molar-refractivity contribution in [2.24, 2.45) is 0 Å². The normalized spacial score (nSPS) is 10.2. The Morgan fingerprint density at radius 1 is 1.15 bits per heavy atom. The molecule has 20 heavy (non-hydrogen) atoms. The van der Waals surface area contributed by atoms with E-state index in [1.807, 2.05) is 13.0 Å². The highest BCUT2D eigenvalue weighted by atomic mass is 79.9. The Morgan fingerprint density at radius 3 is 2.40 bits per heavy atom. The second-order valence-corrected chi connectivity index (χ2v) is 5.05. The first-order chi connectivity index (χ1) is 9.49. The van der Waals surface area contributed by atoms with Crippen LogP contribution < -0.4 is 10.6 Å². The van der Waals surface area contributed by atoms with Crippen molar-refractivity contribution in [1.82, 2.24) is 10.2 Å². The van der Waals surface area contributed by atoms with Gasteiger partial charge in [0.05, 0.1) is 23.3 Å². The predicted octanol–water partition coefficient (Wildman–Crippen LogP) is 2.37. The van der Waals surface area contributed by atoms with Gasteiger partial charge in [-0.3, -0.25) is 14.7 Å². The SMILES string of the molecule is Cc1cccc(NC(=O)C(=O)Nc2cn[nH]c2C)c1Br. The van der Waals surface area contributed by atoms with Crippen molar-refractivity contribution in [2.75, 3.05) is 10.6 Å². The van der Waals surface area contributed by atoms with Crippen molar-refractivity contribution in [1.29, 1.82) is 0 Å². The van der Waals surface area contributed by atoms with Gasteiger partial charge in [0.2, 0.25) is 0 Å². The van der Waals surface area contributed by atoms with E-state index in [9.17, 15) is 9.59 Å². The number of benzene rings is 1. The first-order valence-electron chi connectivity index (χ1n) is 5.86. The number of hydrogen-bond acceptors (Lipinski definition) is 3. The number of aromatic amines is 1. The number of nitrogens with zero attached hydrogens (tertiary/aromatic N) is 1. The summed E-state index contributed by atoms with van der Waals surface area (Å²) in [5, 5.41) is 11.5. The van der Waals surface area contributed by atoms with Gasteiger partial charge in [-0.25, -0.2) is 0 Å². The number of anilines is 2. The van der Waals surface area contributed by atoms with Gasteiger partial charge < -0.3 is 10.6 Å². The lowest BCUT2D eigenvalue weighted by atomic mass is 10.2. The third-order valence-corrected chi connectivity index (χ3v) is 3.78. The molecule has 7 heteroatoms. The van der Waals surface area contributed by atoms with Gasteiger partial charge in [-0.15, -0.1) is 0 Å². The molecule has 2 aromatic rings. The maximum Gasteiger partial charge on any atom is 0.314 e. The molecule has 1 aromatic carbocycles. The largest absolute Gasteiger partial charge is 0.317 e. The van der Waals surface area contributed by atoms with E-state index in [0.717, 1.165) is 10.0 Å². The van der Waals surface area contributed by atoms with Gasteiger partial charge in [-0.2, -0.15) is 5.10 Å². The number of amides is 2. The Bertz CT molecular complexity index is 666. The standard InChI is InChI=1S/C13H13BrN4O2/c1-7-4-3-5-9(11(7)14)16-12(19)13(20)17-10-6-15-18-8(10)2/h3-6H,1-2H3,(H,15,18)(H,16,19)(H,17,20). The molecule has 0 atom stereocenters. The molecule has 0 spiro atoms. The highest BCUT2D eigenvalue weighted by Crippen LogP contribution is 2.25. The molecule has 2 rings (SSSR count). The van der Waals surface area contributed by atoms with E-state index in [-0.39, 0.29) is 0 Å². The van der Waals surface area contributed by atoms with Crippen LogP contribution in [0.15, 0.2) is 28.9 Å². The van der Waals surface area contributed by atoms with Crippen molar-refractivity contribution < 1.29 is 9.59 Å². The summed E-state index contributed by atoms with van der Waals surface area (Å²) < 4.78 is 0.751. The molecule has 1 heterocycles. The number of carbonyl (C=O) groups is 2. The third kappa shape index (κ3) is 3.05. The van der Waals surface area contributed by atoms with Crippen LogP contribution in [0.4, 0.5) is 11.4 Å². The summed E-state index contributed by atoms with van der Waals surface area (Å²) in [6.07, 6.45) is 1.45. The molecule has 0 aliphatic heterocycles. The monoisotopic (exact) mass is 336 g/mol. The minimum Gasteiger partial charge on any atom is -0.317 e. The summed E-state index contributed by atoms with van der Waals surface area (Å²) >= 11 is 3.37. The van der Waals surface area contributed by atoms with Crippen molar-refractivity contribution in [3.05, 3.63) is 40.1 Å². The van der Waals surface area contributed by atoms with Crippen LogP contribution in [0.5, 0.6) is 0 Å². The van der Waals surface area contributed by atoms with E-state index < -0.39 is 11.8 Å². The number of aromatic nitrogens is 2. The van der Waals surface area contributed by atoms with Gasteiger partial charge in [0.25, 0.3) is 0 Å². The molecule has 2 amide bonds. The Balaban J connectivity index is 2.07. The van der Waals surface area contributed by atoms with Crippen LogP contribution in [0.3, 0.4) is 0 Å². The lowest BCUT2D eigenvalue weighted by Gasteiger charge is -2.09. The number of rotatable bonds is 2. The molecular weight excluding hydrogens is 324 g/mol. The summed E-state index contributed by atoms with van der Waals surface area (Å²) in [5.74, 6) is -1.49. The van der Waals surface area contributed by atoms with E-state index in [2.05, 4.69) is 36.8 Å². The molecule has 0 saturated carbocycles. The summed E-state index contributed by atoms with van der Waals surface area (Å²) in [6, 6.07) is 5.41. The maximum absolute atomic E-state index is 11.8. The summed E-state index contributed by atoms with van der Waals surface area (Å²) in [6.45, 7) is 3.65. The van der Waals surface area contributed by atoms with Crippen LogP contribution in [0.25, 0.3) is 0 Å². The van der Waals surface area contributed by atoms with E-state index in [4.69, 9.17) is 0 Å². The highest BCUT2D eigenvalue weighted by Gasteiger charge is 2.16. The number of carbonyl (C=O) groups excluding carboxylic acids is 2. The Labute approximate surface area is 124 Å². The predicted molar refractivity (Wildman–Crippen MR) is 79.5 cm³/mol. The molecule has 0 aliphatic rings. The van der Waals surface area contributed by atoms with E-state index >= 15 is 0 Å². The molecular formula is C13H13BrN4O2. The maximum atomic E-state index is 11.8. The zero-order valence-electron chi connectivity index (χ0n) is 11.0. The van der Waals surface area contributed by atoms with Crippen LogP contribution in [0.2, 0.25) is 0 Å². The average molecular weight is 337 g/mol. The van der Waals surface area contributed by atoms with Crippen LogP contribution in [-0.4, -0.2) is 22.0 Å². The molecule has 0 unspecified atom stereocenters. The molecule has 0 bridgehead atoms. The minimum atomic E-state index is -0.747. The first kappa shape index (κ1) is 14.3. The second-order valence-electron chi connectivity index (χ2n) is 4.25. The Kier molecular flexibility index (Phi) is 4.19. The van der Waals surface area contributed by atoms with Crippen molar-refractivity contribution >= 4 is 39.1 Å². The van der Waals surface area contributed by atoms with E-state index in [1.165, 1.54) is 6.20 Å². The summed E-state index contributed by atoms with van der Waals surface area (Å²) in [5.41, 5.74) is 2.68. The highest BCUT2D eigenvalue weighted by molar-refractivity contribution is 9.10. The van der Waals surface area contributed by atoms with Crippen molar-refractivity contribution in [2.45, 2.75) is 13.8 Å². The van der Waals surface area contributed by atoms with Gasteiger partial charge in [0, 0.05) is 4.47 Å². The van der Waals surface area contributed by atoms with Gasteiger partial charge in [0.15, 0.2) is 0 Å². The molecule has 0 radical (unpaired) electrons. The first-order valence-corrected chi connectivity index (χ1v) is 6.65. The van der Waals surface area contributed by atoms with Crippen LogP contribution in [-0.2, 0) is 9.59 Å². The lowest BCUT2D eigenvalue weighted by molar-refractivity contribution is -0.133. The Hall–Kier alpha value is -2.15. The lowest BCUT2D eigenvalue weighted by Crippen LogP contribution is -2.29. The van der Waals surface area contributed by atoms with Crippen molar-refractivity contribution in [3.63, 3.8) is 0 Å². The number of nitrogens with one attached hydrogen (secondary N) is 3. The summed E-state index contributed by atoms with van der Waals surface area (Å²) in [4.78, 5) is 23.6. The number of aryl methyl sites for hydroxylation is 2. The van der Waals surface area contributed by atoms with E-state index in [1.54, 1.807) is 19.1 Å². The Morgan fingerprint density at radius 2 is 1.80 bits per heavy atom. The summed E-state index contributed by atoms with van der Waals surface area (Å²) in [7, 11) is 0. The fourth-order valence-electron chi connectivity index (χ4n) is 1.58. The molecule has 1 aromatic heterocycles. The van der Waals surface area contributed by atoms with Crippen LogP contribution in [0, 0.1) is 13.8 Å². The number of H-pyrrole nitrogens is 1. The molecule has 6 nitrogen and oxygen atoms in total. The van der Waals surface area contributed by atoms with Crippen LogP contribution in [0.1, 0.15) is 11.3 Å². The molecule has 0 aliphatic carbocycles. The van der Waals surface area contributed by atoms with Crippen molar-refractivity contribution in [3.8, 4) is 0 Å². The molecule has 3 N–H and O–H groups in total. The molecule has 0 fully saturated rings. The van der Waals surface area contributed by atoms with Crippen LogP contribution >= 0.6 is 15.9 Å². The zero-order chi connectivity index (χ0) is 14.7. The smallest absolute Gasteiger partial charge is 0.314 e. The fourth-order valence-corrected chi connectivity index (χ4v) is 1.94. The molecule has 104 valence electrons. The fraction of sp³-hybridized carbons (Fsp3) is 0.154. The quantitative estimate of drug-likeness (QED) is 0.735. The van der Waals surface area contributed by atoms with Gasteiger partial charge in [-0.05, 0) is 41.4 Å². The van der Waals surface area contributed by atoms with Gasteiger partial charge in [-0.1, -0.05) is 12.1 Å². The number of hydrogen-bond donors (Lipinski definition) is 3. The van der Waals surface area contributed by atoms with E-state index in [0.29, 0.717) is 17.1 Å². The van der Waals surface area contributed by atoms with Gasteiger partial charge in [0.1, 0.15) is 0 Å². The topological polar surface area (TPSA) is 86.9 Å². The second kappa shape index (κ2) is 5.87. The zero-order valence-corrected chi connectivity index (χ0v) is 12.5. The molecule has 0 saturated heterocycles.